The summed E-state index contributed by atoms with van der Waals surface area (Å²) in [5, 5.41) is 8.63. The van der Waals surface area contributed by atoms with Crippen molar-refractivity contribution in [1.82, 2.24) is 0 Å². The van der Waals surface area contributed by atoms with Gasteiger partial charge in [-0.15, -0.1) is 0 Å². The lowest BCUT2D eigenvalue weighted by Crippen LogP contribution is -2.23. The average molecular weight is 200 g/mol. The van der Waals surface area contributed by atoms with Gasteiger partial charge in [-0.25, -0.2) is 4.79 Å². The third-order valence-corrected chi connectivity index (χ3v) is 2.32. The van der Waals surface area contributed by atoms with E-state index >= 15 is 0 Å². The second-order valence-electron chi connectivity index (χ2n) is 3.44. The fourth-order valence-corrected chi connectivity index (χ4v) is 1.30. The SMILES string of the molecule is C=C(C(=O)O)C(C)OCC1CCCO1. The molecule has 0 amide bonds. The van der Waals surface area contributed by atoms with E-state index in [0.29, 0.717) is 6.61 Å². The van der Waals surface area contributed by atoms with Crippen LogP contribution < -0.4 is 0 Å². The van der Waals surface area contributed by atoms with Gasteiger partial charge in [-0.05, 0) is 19.8 Å². The molecule has 0 aromatic heterocycles. The highest BCUT2D eigenvalue weighted by Gasteiger charge is 2.19. The molecule has 4 nitrogen and oxygen atoms in total. The third-order valence-electron chi connectivity index (χ3n) is 2.32. The molecule has 0 radical (unpaired) electrons. The minimum atomic E-state index is -1.01. The Kier molecular flexibility index (Phi) is 4.10. The molecular formula is C10H16O4. The molecule has 1 aliphatic rings. The van der Waals surface area contributed by atoms with Crippen molar-refractivity contribution in [2.75, 3.05) is 13.2 Å². The van der Waals surface area contributed by atoms with Crippen LogP contribution in [0.15, 0.2) is 12.2 Å². The Morgan fingerprint density at radius 1 is 1.79 bits per heavy atom. The monoisotopic (exact) mass is 200 g/mol. The van der Waals surface area contributed by atoms with Gasteiger partial charge in [-0.2, -0.15) is 0 Å². The number of hydrogen-bond donors (Lipinski definition) is 1. The Labute approximate surface area is 83.5 Å². The lowest BCUT2D eigenvalue weighted by molar-refractivity contribution is -0.134. The minimum absolute atomic E-state index is 0.0861. The van der Waals surface area contributed by atoms with E-state index < -0.39 is 12.1 Å². The van der Waals surface area contributed by atoms with Crippen molar-refractivity contribution in [2.45, 2.75) is 32.0 Å². The van der Waals surface area contributed by atoms with E-state index in [-0.39, 0.29) is 11.7 Å². The van der Waals surface area contributed by atoms with Crippen LogP contribution >= 0.6 is 0 Å². The van der Waals surface area contributed by atoms with Crippen molar-refractivity contribution in [3.05, 3.63) is 12.2 Å². The highest BCUT2D eigenvalue weighted by atomic mass is 16.5. The van der Waals surface area contributed by atoms with Crippen molar-refractivity contribution >= 4 is 5.97 Å². The van der Waals surface area contributed by atoms with Crippen molar-refractivity contribution in [2.24, 2.45) is 0 Å². The Bertz CT molecular complexity index is 218. The molecule has 1 saturated heterocycles. The molecule has 1 fully saturated rings. The van der Waals surface area contributed by atoms with E-state index in [1.165, 1.54) is 0 Å². The predicted molar refractivity (Wildman–Crippen MR) is 51.2 cm³/mol. The van der Waals surface area contributed by atoms with Crippen LogP contribution in [0, 0.1) is 0 Å². The Hall–Kier alpha value is -0.870. The summed E-state index contributed by atoms with van der Waals surface area (Å²) in [4.78, 5) is 10.5. The summed E-state index contributed by atoms with van der Waals surface area (Å²) >= 11 is 0. The molecule has 0 saturated carbocycles. The number of hydrogen-bond acceptors (Lipinski definition) is 3. The minimum Gasteiger partial charge on any atom is -0.478 e. The lowest BCUT2D eigenvalue weighted by atomic mass is 10.2. The maximum atomic E-state index is 10.5. The van der Waals surface area contributed by atoms with Crippen LogP contribution in [0.25, 0.3) is 0 Å². The molecule has 80 valence electrons. The van der Waals surface area contributed by atoms with Crippen molar-refractivity contribution in [3.8, 4) is 0 Å². The highest BCUT2D eigenvalue weighted by Crippen LogP contribution is 2.14. The maximum absolute atomic E-state index is 10.5. The van der Waals surface area contributed by atoms with Gasteiger partial charge in [-0.1, -0.05) is 6.58 Å². The fraction of sp³-hybridized carbons (Fsp3) is 0.700. The zero-order valence-electron chi connectivity index (χ0n) is 8.36. The fourth-order valence-electron chi connectivity index (χ4n) is 1.30. The van der Waals surface area contributed by atoms with Gasteiger partial charge in [0, 0.05) is 6.61 Å². The van der Waals surface area contributed by atoms with Gasteiger partial charge in [0.2, 0.25) is 0 Å². The number of ether oxygens (including phenoxy) is 2. The quantitative estimate of drug-likeness (QED) is 0.678. The second-order valence-corrected chi connectivity index (χ2v) is 3.44. The first-order chi connectivity index (χ1) is 6.61. The summed E-state index contributed by atoms with van der Waals surface area (Å²) in [6, 6.07) is 0. The molecule has 0 aromatic rings. The van der Waals surface area contributed by atoms with Gasteiger partial charge in [0.05, 0.1) is 24.4 Å². The number of aliphatic carboxylic acids is 1. The third kappa shape index (κ3) is 3.12. The molecule has 2 atom stereocenters. The molecule has 0 spiro atoms. The summed E-state index contributed by atoms with van der Waals surface area (Å²) in [7, 11) is 0. The maximum Gasteiger partial charge on any atom is 0.333 e. The van der Waals surface area contributed by atoms with Crippen LogP contribution in [-0.4, -0.2) is 36.5 Å². The molecule has 0 aliphatic carbocycles. The normalized spacial score (nSPS) is 23.4. The van der Waals surface area contributed by atoms with E-state index in [1.54, 1.807) is 6.92 Å². The highest BCUT2D eigenvalue weighted by molar-refractivity contribution is 5.86. The molecule has 1 N–H and O–H groups in total. The van der Waals surface area contributed by atoms with Gasteiger partial charge < -0.3 is 14.6 Å². The standard InChI is InChI=1S/C10H16O4/c1-7(10(11)12)8(2)14-6-9-4-3-5-13-9/h8-9H,1,3-6H2,2H3,(H,11,12). The van der Waals surface area contributed by atoms with Crippen molar-refractivity contribution in [3.63, 3.8) is 0 Å². The van der Waals surface area contributed by atoms with Crippen molar-refractivity contribution in [1.29, 1.82) is 0 Å². The molecule has 0 bridgehead atoms. The van der Waals surface area contributed by atoms with Crippen LogP contribution in [0.3, 0.4) is 0 Å². The first-order valence-electron chi connectivity index (χ1n) is 4.76. The predicted octanol–water partition coefficient (Wildman–Crippen LogP) is 1.21. The molecule has 1 rings (SSSR count). The number of rotatable bonds is 5. The van der Waals surface area contributed by atoms with Crippen LogP contribution in [0.1, 0.15) is 19.8 Å². The smallest absolute Gasteiger partial charge is 0.333 e. The topological polar surface area (TPSA) is 55.8 Å². The first kappa shape index (κ1) is 11.2. The van der Waals surface area contributed by atoms with Crippen LogP contribution in [0.4, 0.5) is 0 Å². The molecule has 4 heteroatoms. The molecular weight excluding hydrogens is 184 g/mol. The molecule has 2 unspecified atom stereocenters. The van der Waals surface area contributed by atoms with Gasteiger partial charge in [-0.3, -0.25) is 0 Å². The summed E-state index contributed by atoms with van der Waals surface area (Å²) < 4.78 is 10.7. The summed E-state index contributed by atoms with van der Waals surface area (Å²) in [6.07, 6.45) is 1.73. The number of carbonyl (C=O) groups is 1. The summed E-state index contributed by atoms with van der Waals surface area (Å²) in [6.45, 7) is 6.35. The van der Waals surface area contributed by atoms with E-state index in [4.69, 9.17) is 14.6 Å². The Morgan fingerprint density at radius 3 is 3.00 bits per heavy atom. The van der Waals surface area contributed by atoms with Crippen LogP contribution in [0.5, 0.6) is 0 Å². The summed E-state index contributed by atoms with van der Waals surface area (Å²) in [5.41, 5.74) is 0.0861. The Morgan fingerprint density at radius 2 is 2.50 bits per heavy atom. The van der Waals surface area contributed by atoms with Gasteiger partial charge in [0.15, 0.2) is 0 Å². The molecule has 0 aromatic carbocycles. The van der Waals surface area contributed by atoms with E-state index in [9.17, 15) is 4.79 Å². The van der Waals surface area contributed by atoms with Gasteiger partial charge in [0.25, 0.3) is 0 Å². The van der Waals surface area contributed by atoms with Gasteiger partial charge in [0.1, 0.15) is 0 Å². The summed E-state index contributed by atoms with van der Waals surface area (Å²) in [5.74, 6) is -1.01. The Balaban J connectivity index is 2.23. The van der Waals surface area contributed by atoms with Crippen LogP contribution in [-0.2, 0) is 14.3 Å². The first-order valence-corrected chi connectivity index (χ1v) is 4.76. The zero-order chi connectivity index (χ0) is 10.6. The van der Waals surface area contributed by atoms with E-state index in [0.717, 1.165) is 19.4 Å². The number of carboxylic acids is 1. The van der Waals surface area contributed by atoms with Crippen LogP contribution in [0.2, 0.25) is 0 Å². The molecule has 1 aliphatic heterocycles. The average Bonchev–Trinajstić information content (AvgIpc) is 2.65. The lowest BCUT2D eigenvalue weighted by Gasteiger charge is -2.15. The van der Waals surface area contributed by atoms with Gasteiger partial charge >= 0.3 is 5.97 Å². The second kappa shape index (κ2) is 5.12. The largest absolute Gasteiger partial charge is 0.478 e. The molecule has 1 heterocycles. The van der Waals surface area contributed by atoms with Crippen molar-refractivity contribution < 1.29 is 19.4 Å². The number of carboxylic acid groups (broad SMARTS) is 1. The van der Waals surface area contributed by atoms with E-state index in [1.807, 2.05) is 0 Å². The molecule has 14 heavy (non-hydrogen) atoms. The zero-order valence-corrected chi connectivity index (χ0v) is 8.36. The van der Waals surface area contributed by atoms with E-state index in [2.05, 4.69) is 6.58 Å².